The first-order valence-electron chi connectivity index (χ1n) is 11.8. The predicted molar refractivity (Wildman–Crippen MR) is 128 cm³/mol. The predicted octanol–water partition coefficient (Wildman–Crippen LogP) is 3.86. The molecule has 0 aliphatic carbocycles. The molecule has 2 bridgehead atoms. The van der Waals surface area contributed by atoms with E-state index in [9.17, 15) is 5.11 Å². The molecular formula is C28H30O7. The van der Waals surface area contributed by atoms with Crippen LogP contribution in [0.4, 0.5) is 0 Å². The average molecular weight is 479 g/mol. The van der Waals surface area contributed by atoms with Gasteiger partial charge < -0.3 is 33.5 Å². The van der Waals surface area contributed by atoms with Crippen molar-refractivity contribution in [1.29, 1.82) is 0 Å². The summed E-state index contributed by atoms with van der Waals surface area (Å²) < 4.78 is 36.3. The van der Waals surface area contributed by atoms with Gasteiger partial charge in [-0.2, -0.15) is 0 Å². The van der Waals surface area contributed by atoms with Gasteiger partial charge in [0.25, 0.3) is 0 Å². The molecular weight excluding hydrogens is 448 g/mol. The summed E-state index contributed by atoms with van der Waals surface area (Å²) in [6, 6.07) is 25.1. The zero-order valence-corrected chi connectivity index (χ0v) is 19.6. The van der Waals surface area contributed by atoms with Crippen molar-refractivity contribution in [2.24, 2.45) is 0 Å². The highest BCUT2D eigenvalue weighted by atomic mass is 16.7. The monoisotopic (exact) mass is 478 g/mol. The Morgan fingerprint density at radius 2 is 1.54 bits per heavy atom. The number of benzene rings is 3. The van der Waals surface area contributed by atoms with Crippen LogP contribution in [0.3, 0.4) is 0 Å². The van der Waals surface area contributed by atoms with Crippen molar-refractivity contribution in [3.63, 3.8) is 0 Å². The number of hydrogen-bond acceptors (Lipinski definition) is 7. The Bertz CT molecular complexity index is 1070. The van der Waals surface area contributed by atoms with Crippen LogP contribution in [-0.2, 0) is 38.8 Å². The van der Waals surface area contributed by atoms with E-state index in [0.717, 1.165) is 22.4 Å². The normalized spacial score (nSPS) is 26.4. The summed E-state index contributed by atoms with van der Waals surface area (Å²) in [5.74, 6) is 1.32. The molecule has 184 valence electrons. The maximum atomic E-state index is 11.2. The minimum absolute atomic E-state index is 0.198. The molecule has 3 aromatic rings. The summed E-state index contributed by atoms with van der Waals surface area (Å²) in [5.41, 5.74) is 3.06. The van der Waals surface area contributed by atoms with Gasteiger partial charge in [-0.1, -0.05) is 54.6 Å². The van der Waals surface area contributed by atoms with Crippen LogP contribution in [-0.4, -0.2) is 49.5 Å². The van der Waals surface area contributed by atoms with Crippen LogP contribution < -0.4 is 9.47 Å². The second-order valence-electron chi connectivity index (χ2n) is 8.65. The van der Waals surface area contributed by atoms with Crippen LogP contribution in [0.5, 0.6) is 11.5 Å². The zero-order chi connectivity index (χ0) is 24.0. The Hall–Kier alpha value is -2.94. The molecule has 1 saturated heterocycles. The molecule has 2 aliphatic rings. The van der Waals surface area contributed by atoms with E-state index >= 15 is 0 Å². The van der Waals surface area contributed by atoms with Gasteiger partial charge in [-0.25, -0.2) is 0 Å². The van der Waals surface area contributed by atoms with Gasteiger partial charge >= 0.3 is 0 Å². The molecule has 1 fully saturated rings. The molecule has 7 heteroatoms. The van der Waals surface area contributed by atoms with Crippen molar-refractivity contribution in [2.45, 2.75) is 50.5 Å². The van der Waals surface area contributed by atoms with E-state index < -0.39 is 30.7 Å². The molecule has 0 amide bonds. The number of rotatable bonds is 6. The van der Waals surface area contributed by atoms with Crippen LogP contribution in [0, 0.1) is 0 Å². The van der Waals surface area contributed by atoms with Gasteiger partial charge in [0.05, 0.1) is 33.5 Å². The second kappa shape index (κ2) is 11.2. The number of fused-ring (bicyclic) bond motifs is 3. The third-order valence-corrected chi connectivity index (χ3v) is 6.30. The highest BCUT2D eigenvalue weighted by molar-refractivity contribution is 5.31. The maximum Gasteiger partial charge on any atom is 0.229 e. The molecule has 0 aromatic heterocycles. The minimum atomic E-state index is -0.947. The Kier molecular flexibility index (Phi) is 7.61. The van der Waals surface area contributed by atoms with Crippen molar-refractivity contribution in [3.05, 3.63) is 95.6 Å². The molecule has 35 heavy (non-hydrogen) atoms. The third-order valence-electron chi connectivity index (χ3n) is 6.30. The van der Waals surface area contributed by atoms with Gasteiger partial charge in [-0.05, 0) is 41.0 Å². The molecule has 0 saturated carbocycles. The Morgan fingerprint density at radius 3 is 2.29 bits per heavy atom. The summed E-state index contributed by atoms with van der Waals surface area (Å²) in [6.07, 6.45) is -3.77. The standard InChI is InChI=1S/C28H30O7/c1-30-22-11-13-23(14-12-22)34-28-27(32-15-19-7-3-2-4-8-19)26-25(29)24(35-28)18-31-16-20-9-5-6-10-21(20)17-33-26/h2-14,24-29H,15-18H2,1H3/t24-,25+,26+,27-,28-/m1/s1. The fraction of sp³-hybridized carbons (Fsp3) is 0.357. The van der Waals surface area contributed by atoms with Crippen LogP contribution in [0.25, 0.3) is 0 Å². The van der Waals surface area contributed by atoms with Gasteiger partial charge in [0.1, 0.15) is 35.9 Å². The van der Waals surface area contributed by atoms with E-state index in [1.54, 1.807) is 7.11 Å². The Morgan fingerprint density at radius 1 is 0.857 bits per heavy atom. The van der Waals surface area contributed by atoms with Gasteiger partial charge in [0.2, 0.25) is 6.29 Å². The van der Waals surface area contributed by atoms with Crippen molar-refractivity contribution in [1.82, 2.24) is 0 Å². The first-order valence-corrected chi connectivity index (χ1v) is 11.8. The fourth-order valence-electron chi connectivity index (χ4n) is 4.36. The third kappa shape index (κ3) is 5.66. The topological polar surface area (TPSA) is 75.6 Å². The highest BCUT2D eigenvalue weighted by Gasteiger charge is 2.48. The molecule has 5 atom stereocenters. The molecule has 2 heterocycles. The van der Waals surface area contributed by atoms with Crippen molar-refractivity contribution in [2.75, 3.05) is 13.7 Å². The number of aliphatic hydroxyl groups excluding tert-OH is 1. The number of ether oxygens (including phenoxy) is 6. The van der Waals surface area contributed by atoms with E-state index in [-0.39, 0.29) is 6.61 Å². The van der Waals surface area contributed by atoms with Crippen LogP contribution >= 0.6 is 0 Å². The van der Waals surface area contributed by atoms with E-state index in [0.29, 0.717) is 25.6 Å². The largest absolute Gasteiger partial charge is 0.497 e. The molecule has 0 spiro atoms. The van der Waals surface area contributed by atoms with E-state index in [1.807, 2.05) is 78.9 Å². The quantitative estimate of drug-likeness (QED) is 0.577. The first-order chi connectivity index (χ1) is 17.2. The highest BCUT2D eigenvalue weighted by Crippen LogP contribution is 2.31. The average Bonchev–Trinajstić information content (AvgIpc) is 2.90. The molecule has 0 radical (unpaired) electrons. The number of hydrogen-bond donors (Lipinski definition) is 1. The lowest BCUT2D eigenvalue weighted by atomic mass is 9.97. The van der Waals surface area contributed by atoms with Crippen molar-refractivity contribution < 1.29 is 33.5 Å². The Labute approximate surface area is 205 Å². The summed E-state index contributed by atoms with van der Waals surface area (Å²) in [5, 5.41) is 11.2. The van der Waals surface area contributed by atoms with E-state index in [1.165, 1.54) is 0 Å². The van der Waals surface area contributed by atoms with Gasteiger partial charge in [-0.15, -0.1) is 0 Å². The SMILES string of the molecule is COc1ccc(O[C@@H]2O[C@@H]3COCc4ccccc4CO[C@@H]([C@H]3O)[C@H]2OCc2ccccc2)cc1. The van der Waals surface area contributed by atoms with Gasteiger partial charge in [-0.3, -0.25) is 0 Å². The summed E-state index contributed by atoms with van der Waals surface area (Å²) in [4.78, 5) is 0. The molecule has 5 rings (SSSR count). The van der Waals surface area contributed by atoms with Crippen LogP contribution in [0.1, 0.15) is 16.7 Å². The minimum Gasteiger partial charge on any atom is -0.497 e. The maximum absolute atomic E-state index is 11.2. The zero-order valence-electron chi connectivity index (χ0n) is 19.6. The van der Waals surface area contributed by atoms with Crippen molar-refractivity contribution in [3.8, 4) is 11.5 Å². The van der Waals surface area contributed by atoms with Gasteiger partial charge in [0, 0.05) is 0 Å². The van der Waals surface area contributed by atoms with Crippen LogP contribution in [0.15, 0.2) is 78.9 Å². The van der Waals surface area contributed by atoms with E-state index in [4.69, 9.17) is 28.4 Å². The molecule has 2 aliphatic heterocycles. The molecule has 7 nitrogen and oxygen atoms in total. The summed E-state index contributed by atoms with van der Waals surface area (Å²) >= 11 is 0. The molecule has 1 N–H and O–H groups in total. The lowest BCUT2D eigenvalue weighted by Crippen LogP contribution is -2.62. The summed E-state index contributed by atoms with van der Waals surface area (Å²) in [6.45, 7) is 1.24. The second-order valence-corrected chi connectivity index (χ2v) is 8.65. The lowest BCUT2D eigenvalue weighted by molar-refractivity contribution is -0.302. The number of aliphatic hydroxyl groups is 1. The fourth-order valence-corrected chi connectivity index (χ4v) is 4.36. The molecule has 3 aromatic carbocycles. The molecule has 0 unspecified atom stereocenters. The number of methoxy groups -OCH3 is 1. The lowest BCUT2D eigenvalue weighted by Gasteiger charge is -2.44. The first kappa shape index (κ1) is 23.8. The Balaban J connectivity index is 1.42. The van der Waals surface area contributed by atoms with E-state index in [2.05, 4.69) is 0 Å². The smallest absolute Gasteiger partial charge is 0.229 e. The van der Waals surface area contributed by atoms with Crippen molar-refractivity contribution >= 4 is 0 Å². The summed E-state index contributed by atoms with van der Waals surface area (Å²) in [7, 11) is 1.61. The van der Waals surface area contributed by atoms with Gasteiger partial charge in [0.15, 0.2) is 0 Å². The van der Waals surface area contributed by atoms with Crippen LogP contribution in [0.2, 0.25) is 0 Å².